The summed E-state index contributed by atoms with van der Waals surface area (Å²) in [5.74, 6) is 0.0811. The van der Waals surface area contributed by atoms with Crippen LogP contribution in [0.1, 0.15) is 43.5 Å². The van der Waals surface area contributed by atoms with Crippen LogP contribution in [0.2, 0.25) is 0 Å². The minimum absolute atomic E-state index is 0.0811. The average molecular weight is 276 g/mol. The summed E-state index contributed by atoms with van der Waals surface area (Å²) in [6.07, 6.45) is 5.95. The molecule has 3 rings (SSSR count). The second-order valence-electron chi connectivity index (χ2n) is 6.40. The predicted molar refractivity (Wildman–Crippen MR) is 77.5 cm³/mol. The fraction of sp³-hybridized carbons (Fsp3) is 0.733. The van der Waals surface area contributed by atoms with Crippen molar-refractivity contribution in [3.63, 3.8) is 0 Å². The highest BCUT2D eigenvalue weighted by atomic mass is 16.2. The number of aryl methyl sites for hydroxylation is 2. The molecule has 20 heavy (non-hydrogen) atoms. The van der Waals surface area contributed by atoms with E-state index in [9.17, 15) is 4.79 Å². The van der Waals surface area contributed by atoms with E-state index in [2.05, 4.69) is 15.7 Å². The van der Waals surface area contributed by atoms with E-state index in [0.717, 1.165) is 30.8 Å². The van der Waals surface area contributed by atoms with Gasteiger partial charge in [0.2, 0.25) is 5.91 Å². The standard InChI is InChI=1S/C15H24N4O/c1-11-8-12(2)19(18-11)10-14(20)17-13-4-7-16-15(9-13)5-3-6-15/h8,13,16H,3-7,9-10H2,1-2H3,(H,17,20). The van der Waals surface area contributed by atoms with E-state index in [-0.39, 0.29) is 5.91 Å². The Morgan fingerprint density at radius 1 is 1.55 bits per heavy atom. The lowest BCUT2D eigenvalue weighted by molar-refractivity contribution is -0.123. The van der Waals surface area contributed by atoms with Crippen molar-refractivity contribution < 1.29 is 4.79 Å². The smallest absolute Gasteiger partial charge is 0.241 e. The Hall–Kier alpha value is -1.36. The summed E-state index contributed by atoms with van der Waals surface area (Å²) in [4.78, 5) is 12.2. The minimum atomic E-state index is 0.0811. The quantitative estimate of drug-likeness (QED) is 0.874. The van der Waals surface area contributed by atoms with Crippen LogP contribution in [0.5, 0.6) is 0 Å². The molecule has 5 heteroatoms. The number of hydrogen-bond acceptors (Lipinski definition) is 3. The van der Waals surface area contributed by atoms with Gasteiger partial charge in [-0.1, -0.05) is 0 Å². The molecule has 1 atom stereocenters. The van der Waals surface area contributed by atoms with Gasteiger partial charge in [0.25, 0.3) is 0 Å². The van der Waals surface area contributed by atoms with Crippen molar-refractivity contribution in [3.05, 3.63) is 17.5 Å². The van der Waals surface area contributed by atoms with Gasteiger partial charge in [-0.15, -0.1) is 0 Å². The monoisotopic (exact) mass is 276 g/mol. The van der Waals surface area contributed by atoms with Gasteiger partial charge in [-0.2, -0.15) is 5.10 Å². The number of carbonyl (C=O) groups excluding carboxylic acids is 1. The summed E-state index contributed by atoms with van der Waals surface area (Å²) in [5.41, 5.74) is 2.33. The maximum absolute atomic E-state index is 12.2. The number of rotatable bonds is 3. The first kappa shape index (κ1) is 13.6. The zero-order valence-electron chi connectivity index (χ0n) is 12.4. The molecule has 1 saturated carbocycles. The maximum Gasteiger partial charge on any atom is 0.241 e. The van der Waals surface area contributed by atoms with Crippen molar-refractivity contribution in [2.24, 2.45) is 0 Å². The molecule has 1 aliphatic heterocycles. The highest BCUT2D eigenvalue weighted by molar-refractivity contribution is 5.76. The Balaban J connectivity index is 1.55. The SMILES string of the molecule is Cc1cc(C)n(CC(=O)NC2CCNC3(CCC3)C2)n1. The third kappa shape index (κ3) is 2.73. The third-order valence-electron chi connectivity index (χ3n) is 4.70. The van der Waals surface area contributed by atoms with Crippen LogP contribution in [-0.4, -0.2) is 33.8 Å². The van der Waals surface area contributed by atoms with Gasteiger partial charge < -0.3 is 10.6 Å². The van der Waals surface area contributed by atoms with Crippen molar-refractivity contribution in [2.75, 3.05) is 6.54 Å². The molecule has 2 fully saturated rings. The van der Waals surface area contributed by atoms with Crippen LogP contribution < -0.4 is 10.6 Å². The van der Waals surface area contributed by atoms with E-state index in [1.54, 1.807) is 4.68 Å². The molecule has 1 aliphatic carbocycles. The largest absolute Gasteiger partial charge is 0.352 e. The lowest BCUT2D eigenvalue weighted by Crippen LogP contribution is -2.59. The maximum atomic E-state index is 12.2. The van der Waals surface area contributed by atoms with Gasteiger partial charge >= 0.3 is 0 Å². The number of aromatic nitrogens is 2. The molecule has 110 valence electrons. The Bertz CT molecular complexity index is 504. The third-order valence-corrected chi connectivity index (χ3v) is 4.70. The van der Waals surface area contributed by atoms with E-state index in [0.29, 0.717) is 18.1 Å². The topological polar surface area (TPSA) is 59.0 Å². The molecule has 2 N–H and O–H groups in total. The first-order chi connectivity index (χ1) is 9.56. The van der Waals surface area contributed by atoms with Crippen molar-refractivity contribution in [2.45, 2.75) is 64.1 Å². The predicted octanol–water partition coefficient (Wildman–Crippen LogP) is 1.29. The summed E-state index contributed by atoms with van der Waals surface area (Å²) >= 11 is 0. The lowest BCUT2D eigenvalue weighted by Gasteiger charge is -2.48. The van der Waals surface area contributed by atoms with Crippen LogP contribution in [0.25, 0.3) is 0 Å². The van der Waals surface area contributed by atoms with Crippen LogP contribution in [0.4, 0.5) is 0 Å². The van der Waals surface area contributed by atoms with Crippen molar-refractivity contribution >= 4 is 5.91 Å². The van der Waals surface area contributed by atoms with E-state index < -0.39 is 0 Å². The second kappa shape index (κ2) is 5.20. The molecule has 0 aromatic carbocycles. The summed E-state index contributed by atoms with van der Waals surface area (Å²) in [5, 5.41) is 11.2. The number of piperidine rings is 1. The Labute approximate surface area is 120 Å². The molecule has 1 unspecified atom stereocenters. The van der Waals surface area contributed by atoms with E-state index in [1.807, 2.05) is 19.9 Å². The van der Waals surface area contributed by atoms with Crippen LogP contribution >= 0.6 is 0 Å². The van der Waals surface area contributed by atoms with Gasteiger partial charge in [0.1, 0.15) is 6.54 Å². The first-order valence-electron chi connectivity index (χ1n) is 7.62. The van der Waals surface area contributed by atoms with Gasteiger partial charge in [0, 0.05) is 17.3 Å². The summed E-state index contributed by atoms with van der Waals surface area (Å²) < 4.78 is 1.78. The molecule has 1 saturated heterocycles. The molecule has 5 nitrogen and oxygen atoms in total. The lowest BCUT2D eigenvalue weighted by atomic mass is 9.70. The second-order valence-corrected chi connectivity index (χ2v) is 6.40. The number of nitrogens with zero attached hydrogens (tertiary/aromatic N) is 2. The molecule has 2 aliphatic rings. The van der Waals surface area contributed by atoms with Crippen LogP contribution in [0, 0.1) is 13.8 Å². The van der Waals surface area contributed by atoms with Gasteiger partial charge in [0.15, 0.2) is 0 Å². The average Bonchev–Trinajstić information content (AvgIpc) is 2.66. The van der Waals surface area contributed by atoms with Gasteiger partial charge in [-0.05, 0) is 58.6 Å². The molecule has 1 aromatic rings. The Morgan fingerprint density at radius 2 is 2.35 bits per heavy atom. The highest BCUT2D eigenvalue weighted by Gasteiger charge is 2.41. The van der Waals surface area contributed by atoms with Crippen molar-refractivity contribution in [1.82, 2.24) is 20.4 Å². The van der Waals surface area contributed by atoms with E-state index >= 15 is 0 Å². The van der Waals surface area contributed by atoms with Gasteiger partial charge in [-0.25, -0.2) is 0 Å². The van der Waals surface area contributed by atoms with E-state index in [1.165, 1.54) is 19.3 Å². The fourth-order valence-corrected chi connectivity index (χ4v) is 3.51. The van der Waals surface area contributed by atoms with Gasteiger partial charge in [0.05, 0.1) is 5.69 Å². The van der Waals surface area contributed by atoms with Crippen LogP contribution in [-0.2, 0) is 11.3 Å². The Morgan fingerprint density at radius 3 is 2.95 bits per heavy atom. The number of hydrogen-bond donors (Lipinski definition) is 2. The molecule has 0 radical (unpaired) electrons. The fourth-order valence-electron chi connectivity index (χ4n) is 3.51. The van der Waals surface area contributed by atoms with Crippen molar-refractivity contribution in [1.29, 1.82) is 0 Å². The summed E-state index contributed by atoms with van der Waals surface area (Å²) in [7, 11) is 0. The van der Waals surface area contributed by atoms with Gasteiger partial charge in [-0.3, -0.25) is 9.48 Å². The number of amides is 1. The van der Waals surface area contributed by atoms with Crippen LogP contribution in [0.3, 0.4) is 0 Å². The first-order valence-corrected chi connectivity index (χ1v) is 7.62. The normalized spacial score (nSPS) is 24.4. The minimum Gasteiger partial charge on any atom is -0.352 e. The molecule has 0 bridgehead atoms. The number of carbonyl (C=O) groups is 1. The number of nitrogens with one attached hydrogen (secondary N) is 2. The summed E-state index contributed by atoms with van der Waals surface area (Å²) in [6, 6.07) is 2.32. The van der Waals surface area contributed by atoms with Crippen molar-refractivity contribution in [3.8, 4) is 0 Å². The Kier molecular flexibility index (Phi) is 3.54. The highest BCUT2D eigenvalue weighted by Crippen LogP contribution is 2.38. The van der Waals surface area contributed by atoms with Crippen LogP contribution in [0.15, 0.2) is 6.07 Å². The molecule has 2 heterocycles. The molecule has 1 aromatic heterocycles. The molecule has 1 spiro atoms. The van der Waals surface area contributed by atoms with E-state index in [4.69, 9.17) is 0 Å². The molecular weight excluding hydrogens is 252 g/mol. The summed E-state index contributed by atoms with van der Waals surface area (Å²) in [6.45, 7) is 5.29. The molecule has 1 amide bonds. The zero-order valence-corrected chi connectivity index (χ0v) is 12.4. The molecular formula is C15H24N4O. The zero-order chi connectivity index (χ0) is 14.2.